The quantitative estimate of drug-likeness (QED) is 0.670. The molecule has 1 heterocycles. The highest BCUT2D eigenvalue weighted by molar-refractivity contribution is 6.30. The van der Waals surface area contributed by atoms with Crippen LogP contribution in [0.25, 0.3) is 0 Å². The fourth-order valence-corrected chi connectivity index (χ4v) is 1.96. The summed E-state index contributed by atoms with van der Waals surface area (Å²) >= 11 is 5.69. The Morgan fingerprint density at radius 1 is 1.26 bits per heavy atom. The zero-order valence-electron chi connectivity index (χ0n) is 9.91. The molecule has 6 heteroatoms. The highest BCUT2D eigenvalue weighted by atomic mass is 35.5. The maximum Gasteiger partial charge on any atom is 0.141 e. The first-order valence-electron chi connectivity index (χ1n) is 5.60. The van der Waals surface area contributed by atoms with Gasteiger partial charge in [-0.3, -0.25) is 16.3 Å². The summed E-state index contributed by atoms with van der Waals surface area (Å²) in [5, 5.41) is 0.325. The molecule has 2 aromatic rings. The van der Waals surface area contributed by atoms with Gasteiger partial charge < -0.3 is 0 Å². The standard InChI is InChI=1S/C13H12ClF2N3/c14-10-2-1-8(12(16)5-10)4-13(19-17)9-3-11(15)7-18-6-9/h1-3,5-7,13,19H,4,17H2. The Bertz CT molecular complexity index is 578. The molecule has 19 heavy (non-hydrogen) atoms. The molecule has 0 aliphatic carbocycles. The van der Waals surface area contributed by atoms with Gasteiger partial charge in [-0.15, -0.1) is 0 Å². The van der Waals surface area contributed by atoms with E-state index < -0.39 is 17.7 Å². The average molecular weight is 284 g/mol. The zero-order chi connectivity index (χ0) is 13.8. The molecule has 0 spiro atoms. The SMILES string of the molecule is NNC(Cc1ccc(Cl)cc1F)c1cncc(F)c1. The summed E-state index contributed by atoms with van der Waals surface area (Å²) < 4.78 is 26.8. The Kier molecular flexibility index (Phi) is 4.42. The van der Waals surface area contributed by atoms with Gasteiger partial charge in [-0.05, 0) is 35.7 Å². The first-order chi connectivity index (χ1) is 9.10. The minimum Gasteiger partial charge on any atom is -0.271 e. The smallest absolute Gasteiger partial charge is 0.141 e. The zero-order valence-corrected chi connectivity index (χ0v) is 10.7. The maximum absolute atomic E-state index is 13.7. The fourth-order valence-electron chi connectivity index (χ4n) is 1.80. The number of hydrogen-bond donors (Lipinski definition) is 2. The van der Waals surface area contributed by atoms with Crippen molar-refractivity contribution in [3.8, 4) is 0 Å². The van der Waals surface area contributed by atoms with Crippen LogP contribution in [0.3, 0.4) is 0 Å². The van der Waals surface area contributed by atoms with E-state index in [0.29, 0.717) is 16.1 Å². The summed E-state index contributed by atoms with van der Waals surface area (Å²) in [5.74, 6) is 4.55. The van der Waals surface area contributed by atoms with E-state index in [9.17, 15) is 8.78 Å². The Balaban J connectivity index is 2.24. The third kappa shape index (κ3) is 3.47. The molecule has 0 fully saturated rings. The number of nitrogens with zero attached hydrogens (tertiary/aromatic N) is 1. The molecule has 1 aromatic heterocycles. The lowest BCUT2D eigenvalue weighted by Crippen LogP contribution is -2.30. The van der Waals surface area contributed by atoms with Crippen LogP contribution in [0, 0.1) is 11.6 Å². The van der Waals surface area contributed by atoms with Gasteiger partial charge in [0, 0.05) is 11.2 Å². The van der Waals surface area contributed by atoms with E-state index in [0.717, 1.165) is 6.20 Å². The van der Waals surface area contributed by atoms with Gasteiger partial charge in [0.2, 0.25) is 0 Å². The van der Waals surface area contributed by atoms with Crippen molar-refractivity contribution in [2.75, 3.05) is 0 Å². The van der Waals surface area contributed by atoms with Crippen molar-refractivity contribution in [3.05, 3.63) is 64.4 Å². The second-order valence-electron chi connectivity index (χ2n) is 4.10. The molecule has 3 N–H and O–H groups in total. The van der Waals surface area contributed by atoms with E-state index in [4.69, 9.17) is 17.4 Å². The van der Waals surface area contributed by atoms with Crippen LogP contribution in [0.5, 0.6) is 0 Å². The van der Waals surface area contributed by atoms with Crippen molar-refractivity contribution in [1.29, 1.82) is 0 Å². The molecule has 2 rings (SSSR count). The molecule has 1 unspecified atom stereocenters. The van der Waals surface area contributed by atoms with E-state index in [-0.39, 0.29) is 6.42 Å². The van der Waals surface area contributed by atoms with Gasteiger partial charge in [0.1, 0.15) is 11.6 Å². The summed E-state index contributed by atoms with van der Waals surface area (Å²) in [6.07, 6.45) is 2.85. The van der Waals surface area contributed by atoms with E-state index in [2.05, 4.69) is 10.4 Å². The molecule has 0 amide bonds. The van der Waals surface area contributed by atoms with Crippen LogP contribution in [-0.2, 0) is 6.42 Å². The fraction of sp³-hybridized carbons (Fsp3) is 0.154. The third-order valence-corrected chi connectivity index (χ3v) is 3.00. The number of aromatic nitrogens is 1. The normalized spacial score (nSPS) is 12.4. The molecule has 1 aromatic carbocycles. The predicted molar refractivity (Wildman–Crippen MR) is 69.4 cm³/mol. The number of nitrogens with two attached hydrogens (primary N) is 1. The van der Waals surface area contributed by atoms with Crippen LogP contribution in [0.4, 0.5) is 8.78 Å². The summed E-state index contributed by atoms with van der Waals surface area (Å²) in [4.78, 5) is 3.75. The molecular formula is C13H12ClF2N3. The van der Waals surface area contributed by atoms with Crippen LogP contribution in [0.1, 0.15) is 17.2 Å². The first kappa shape index (κ1) is 13.9. The van der Waals surface area contributed by atoms with Crippen LogP contribution < -0.4 is 11.3 Å². The Hall–Kier alpha value is -1.56. The molecule has 100 valence electrons. The molecule has 3 nitrogen and oxygen atoms in total. The first-order valence-corrected chi connectivity index (χ1v) is 5.98. The number of hydrogen-bond acceptors (Lipinski definition) is 3. The Morgan fingerprint density at radius 3 is 2.68 bits per heavy atom. The highest BCUT2D eigenvalue weighted by Crippen LogP contribution is 2.21. The van der Waals surface area contributed by atoms with Gasteiger partial charge in [0.25, 0.3) is 0 Å². The highest BCUT2D eigenvalue weighted by Gasteiger charge is 2.14. The maximum atomic E-state index is 13.7. The number of rotatable bonds is 4. The Morgan fingerprint density at radius 2 is 2.05 bits per heavy atom. The summed E-state index contributed by atoms with van der Waals surface area (Å²) in [6.45, 7) is 0. The number of benzene rings is 1. The van der Waals surface area contributed by atoms with Gasteiger partial charge >= 0.3 is 0 Å². The van der Waals surface area contributed by atoms with Crippen LogP contribution in [0.15, 0.2) is 36.7 Å². The van der Waals surface area contributed by atoms with E-state index >= 15 is 0 Å². The third-order valence-electron chi connectivity index (χ3n) is 2.77. The van der Waals surface area contributed by atoms with Gasteiger partial charge in [-0.2, -0.15) is 0 Å². The molecule has 1 atom stereocenters. The van der Waals surface area contributed by atoms with E-state index in [1.54, 1.807) is 12.1 Å². The molecule has 0 saturated heterocycles. The summed E-state index contributed by atoms with van der Waals surface area (Å²) in [6, 6.07) is 5.28. The van der Waals surface area contributed by atoms with Crippen LogP contribution in [0.2, 0.25) is 5.02 Å². The predicted octanol–water partition coefficient (Wildman–Crippen LogP) is 2.76. The molecular weight excluding hydrogens is 272 g/mol. The van der Waals surface area contributed by atoms with Crippen molar-refractivity contribution in [1.82, 2.24) is 10.4 Å². The van der Waals surface area contributed by atoms with Gasteiger partial charge in [-0.1, -0.05) is 17.7 Å². The lowest BCUT2D eigenvalue weighted by Gasteiger charge is -2.16. The van der Waals surface area contributed by atoms with Crippen molar-refractivity contribution in [2.24, 2.45) is 5.84 Å². The van der Waals surface area contributed by atoms with Crippen LogP contribution >= 0.6 is 11.6 Å². The topological polar surface area (TPSA) is 50.9 Å². The van der Waals surface area contributed by atoms with E-state index in [1.807, 2.05) is 0 Å². The Labute approximate surface area is 114 Å². The molecule has 0 saturated carbocycles. The second-order valence-corrected chi connectivity index (χ2v) is 4.53. The average Bonchev–Trinajstić information content (AvgIpc) is 2.38. The summed E-state index contributed by atoms with van der Waals surface area (Å²) in [7, 11) is 0. The minimum atomic E-state index is -0.464. The molecule has 0 aliphatic heterocycles. The van der Waals surface area contributed by atoms with Gasteiger partial charge in [0.15, 0.2) is 0 Å². The minimum absolute atomic E-state index is 0.268. The van der Waals surface area contributed by atoms with Gasteiger partial charge in [-0.25, -0.2) is 8.78 Å². The lowest BCUT2D eigenvalue weighted by molar-refractivity contribution is 0.522. The van der Waals surface area contributed by atoms with Crippen molar-refractivity contribution < 1.29 is 8.78 Å². The van der Waals surface area contributed by atoms with Crippen LogP contribution in [-0.4, -0.2) is 4.98 Å². The van der Waals surface area contributed by atoms with E-state index in [1.165, 1.54) is 18.3 Å². The molecule has 0 aliphatic rings. The van der Waals surface area contributed by atoms with Crippen molar-refractivity contribution >= 4 is 11.6 Å². The lowest BCUT2D eigenvalue weighted by atomic mass is 10.0. The van der Waals surface area contributed by atoms with Crippen molar-refractivity contribution in [2.45, 2.75) is 12.5 Å². The largest absolute Gasteiger partial charge is 0.271 e. The second kappa shape index (κ2) is 6.06. The van der Waals surface area contributed by atoms with Gasteiger partial charge in [0.05, 0.1) is 12.2 Å². The summed E-state index contributed by atoms with van der Waals surface area (Å²) in [5.41, 5.74) is 3.52. The van der Waals surface area contributed by atoms with Crippen molar-refractivity contribution in [3.63, 3.8) is 0 Å². The number of halogens is 3. The molecule has 0 bridgehead atoms. The molecule has 0 radical (unpaired) electrons. The number of nitrogens with one attached hydrogen (secondary N) is 1. The number of pyridine rings is 1. The monoisotopic (exact) mass is 283 g/mol. The number of hydrazine groups is 1.